The molecule has 0 atom stereocenters. The summed E-state index contributed by atoms with van der Waals surface area (Å²) in [6.07, 6.45) is -4.02. The van der Waals surface area contributed by atoms with E-state index in [1.54, 1.807) is 18.7 Å². The third kappa shape index (κ3) is 2.33. The van der Waals surface area contributed by atoms with Crippen LogP contribution in [-0.4, -0.2) is 16.1 Å². The number of nitrogens with zero attached hydrogens (tertiary/aromatic N) is 2. The molecule has 0 N–H and O–H groups in total. The molecule has 0 unspecified atom stereocenters. The van der Waals surface area contributed by atoms with Gasteiger partial charge >= 0.3 is 6.18 Å². The number of hydrogen-bond donors (Lipinski definition) is 0. The van der Waals surface area contributed by atoms with Crippen molar-refractivity contribution in [3.05, 3.63) is 40.7 Å². The fourth-order valence-corrected chi connectivity index (χ4v) is 2.23. The van der Waals surface area contributed by atoms with Crippen molar-refractivity contribution < 1.29 is 18.0 Å². The standard InChI is InChI=1S/C14H13F3N2O/c1-8-13(9(2)19(3)18-8)12-5-4-11(14(15,16)17)6-10(12)7-20/h4-7H,1-3H3. The number of alkyl halides is 3. The molecular weight excluding hydrogens is 269 g/mol. The average molecular weight is 282 g/mol. The molecule has 0 aliphatic rings. The number of aldehydes is 1. The second-order valence-electron chi connectivity index (χ2n) is 4.59. The number of carbonyl (C=O) groups is 1. The van der Waals surface area contributed by atoms with Gasteiger partial charge in [0.2, 0.25) is 0 Å². The van der Waals surface area contributed by atoms with Crippen LogP contribution in [0.3, 0.4) is 0 Å². The summed E-state index contributed by atoms with van der Waals surface area (Å²) in [6, 6.07) is 3.17. The van der Waals surface area contributed by atoms with E-state index in [1.807, 2.05) is 6.92 Å². The summed E-state index contributed by atoms with van der Waals surface area (Å²) >= 11 is 0. The Morgan fingerprint density at radius 2 is 1.90 bits per heavy atom. The van der Waals surface area contributed by atoms with Crippen molar-refractivity contribution in [3.8, 4) is 11.1 Å². The summed E-state index contributed by atoms with van der Waals surface area (Å²) in [6.45, 7) is 3.57. The Balaban J connectivity index is 2.67. The number of halogens is 3. The third-order valence-corrected chi connectivity index (χ3v) is 3.28. The van der Waals surface area contributed by atoms with E-state index >= 15 is 0 Å². The molecule has 1 aromatic heterocycles. The molecule has 1 aromatic carbocycles. The summed E-state index contributed by atoms with van der Waals surface area (Å²) in [5.41, 5.74) is 1.82. The van der Waals surface area contributed by atoms with Crippen LogP contribution in [-0.2, 0) is 13.2 Å². The Hall–Kier alpha value is -2.11. The van der Waals surface area contributed by atoms with E-state index in [-0.39, 0.29) is 5.56 Å². The maximum absolute atomic E-state index is 12.7. The normalized spacial score (nSPS) is 11.7. The number of aryl methyl sites for hydroxylation is 2. The van der Waals surface area contributed by atoms with E-state index in [2.05, 4.69) is 5.10 Å². The lowest BCUT2D eigenvalue weighted by molar-refractivity contribution is -0.137. The number of hydrogen-bond acceptors (Lipinski definition) is 2. The molecule has 0 spiro atoms. The van der Waals surface area contributed by atoms with Crippen molar-refractivity contribution in [2.75, 3.05) is 0 Å². The predicted molar refractivity (Wildman–Crippen MR) is 68.5 cm³/mol. The smallest absolute Gasteiger partial charge is 0.298 e. The van der Waals surface area contributed by atoms with E-state index in [0.29, 0.717) is 23.1 Å². The molecule has 0 fully saturated rings. The van der Waals surface area contributed by atoms with E-state index in [4.69, 9.17) is 0 Å². The SMILES string of the molecule is Cc1nn(C)c(C)c1-c1ccc(C(F)(F)F)cc1C=O. The lowest BCUT2D eigenvalue weighted by Gasteiger charge is -2.11. The Labute approximate surface area is 114 Å². The molecule has 0 amide bonds. The van der Waals surface area contributed by atoms with Gasteiger partial charge in [-0.05, 0) is 31.5 Å². The summed E-state index contributed by atoms with van der Waals surface area (Å²) in [5, 5.41) is 4.21. The number of rotatable bonds is 2. The van der Waals surface area contributed by atoms with Crippen LogP contribution in [0.5, 0.6) is 0 Å². The van der Waals surface area contributed by atoms with Gasteiger partial charge in [0.25, 0.3) is 0 Å². The minimum absolute atomic E-state index is 0.0130. The van der Waals surface area contributed by atoms with Crippen molar-refractivity contribution >= 4 is 6.29 Å². The summed E-state index contributed by atoms with van der Waals surface area (Å²) in [4.78, 5) is 11.1. The molecule has 2 aromatic rings. The lowest BCUT2D eigenvalue weighted by Crippen LogP contribution is -2.06. The summed E-state index contributed by atoms with van der Waals surface area (Å²) in [7, 11) is 1.75. The Morgan fingerprint density at radius 1 is 1.25 bits per heavy atom. The molecule has 1 heterocycles. The molecule has 3 nitrogen and oxygen atoms in total. The molecule has 0 bridgehead atoms. The summed E-state index contributed by atoms with van der Waals surface area (Å²) in [5.74, 6) is 0. The maximum atomic E-state index is 12.7. The first-order chi connectivity index (χ1) is 9.25. The van der Waals surface area contributed by atoms with Gasteiger partial charge in [-0.2, -0.15) is 18.3 Å². The van der Waals surface area contributed by atoms with Gasteiger partial charge in [-0.1, -0.05) is 6.07 Å². The van der Waals surface area contributed by atoms with E-state index in [0.717, 1.165) is 17.8 Å². The molecule has 2 rings (SSSR count). The molecule has 0 aliphatic carbocycles. The minimum Gasteiger partial charge on any atom is -0.298 e. The van der Waals surface area contributed by atoms with E-state index in [9.17, 15) is 18.0 Å². The van der Waals surface area contributed by atoms with Gasteiger partial charge in [-0.3, -0.25) is 9.48 Å². The van der Waals surface area contributed by atoms with E-state index < -0.39 is 11.7 Å². The van der Waals surface area contributed by atoms with Gasteiger partial charge in [0.15, 0.2) is 6.29 Å². The molecule has 0 radical (unpaired) electrons. The first kappa shape index (κ1) is 14.3. The van der Waals surface area contributed by atoms with Crippen molar-refractivity contribution in [2.45, 2.75) is 20.0 Å². The van der Waals surface area contributed by atoms with Gasteiger partial charge < -0.3 is 0 Å². The monoisotopic (exact) mass is 282 g/mol. The van der Waals surface area contributed by atoms with Crippen molar-refractivity contribution in [3.63, 3.8) is 0 Å². The van der Waals surface area contributed by atoms with Gasteiger partial charge in [0.1, 0.15) is 0 Å². The van der Waals surface area contributed by atoms with Gasteiger partial charge in [0, 0.05) is 23.9 Å². The number of carbonyl (C=O) groups excluding carboxylic acids is 1. The highest BCUT2D eigenvalue weighted by atomic mass is 19.4. The van der Waals surface area contributed by atoms with E-state index in [1.165, 1.54) is 6.07 Å². The Bertz CT molecular complexity index is 672. The maximum Gasteiger partial charge on any atom is 0.416 e. The van der Waals surface area contributed by atoms with Gasteiger partial charge in [0.05, 0.1) is 11.3 Å². The molecule has 0 aliphatic heterocycles. The number of benzene rings is 1. The highest BCUT2D eigenvalue weighted by Gasteiger charge is 2.31. The van der Waals surface area contributed by atoms with Gasteiger partial charge in [-0.25, -0.2) is 0 Å². The lowest BCUT2D eigenvalue weighted by atomic mass is 9.96. The minimum atomic E-state index is -4.46. The zero-order chi connectivity index (χ0) is 15.1. The molecule has 20 heavy (non-hydrogen) atoms. The van der Waals surface area contributed by atoms with Crippen LogP contribution in [0.15, 0.2) is 18.2 Å². The highest BCUT2D eigenvalue weighted by molar-refractivity contribution is 5.89. The first-order valence-electron chi connectivity index (χ1n) is 5.92. The van der Waals surface area contributed by atoms with Gasteiger partial charge in [-0.15, -0.1) is 0 Å². The Kier molecular flexibility index (Phi) is 3.41. The molecular formula is C14H13F3N2O. The fourth-order valence-electron chi connectivity index (χ4n) is 2.23. The van der Waals surface area contributed by atoms with Crippen molar-refractivity contribution in [1.82, 2.24) is 9.78 Å². The Morgan fingerprint density at radius 3 is 2.35 bits per heavy atom. The van der Waals surface area contributed by atoms with Crippen molar-refractivity contribution in [1.29, 1.82) is 0 Å². The molecule has 0 saturated carbocycles. The topological polar surface area (TPSA) is 34.9 Å². The second-order valence-corrected chi connectivity index (χ2v) is 4.59. The second kappa shape index (κ2) is 4.77. The van der Waals surface area contributed by atoms with Crippen LogP contribution >= 0.6 is 0 Å². The largest absolute Gasteiger partial charge is 0.416 e. The molecule has 0 saturated heterocycles. The van der Waals surface area contributed by atoms with Crippen molar-refractivity contribution in [2.24, 2.45) is 7.05 Å². The third-order valence-electron chi connectivity index (χ3n) is 3.28. The molecule has 106 valence electrons. The summed E-state index contributed by atoms with van der Waals surface area (Å²) < 4.78 is 39.6. The van der Waals surface area contributed by atoms with Crippen LogP contribution in [0.4, 0.5) is 13.2 Å². The predicted octanol–water partition coefficient (Wildman–Crippen LogP) is 3.54. The zero-order valence-corrected chi connectivity index (χ0v) is 11.2. The van der Waals surface area contributed by atoms with Crippen LogP contribution < -0.4 is 0 Å². The van der Waals surface area contributed by atoms with Crippen LogP contribution in [0, 0.1) is 13.8 Å². The average Bonchev–Trinajstić information content (AvgIpc) is 2.61. The number of aromatic nitrogens is 2. The van der Waals surface area contributed by atoms with Crippen LogP contribution in [0.25, 0.3) is 11.1 Å². The van der Waals surface area contributed by atoms with Crippen LogP contribution in [0.2, 0.25) is 0 Å². The first-order valence-corrected chi connectivity index (χ1v) is 5.92. The quantitative estimate of drug-likeness (QED) is 0.790. The molecule has 6 heteroatoms. The van der Waals surface area contributed by atoms with Crippen LogP contribution in [0.1, 0.15) is 27.3 Å². The highest BCUT2D eigenvalue weighted by Crippen LogP contribution is 2.34. The fraction of sp³-hybridized carbons (Fsp3) is 0.286. The zero-order valence-electron chi connectivity index (χ0n) is 11.2.